The largest absolute Gasteiger partial charge is 0.478 e. The van der Waals surface area contributed by atoms with Crippen LogP contribution < -0.4 is 5.32 Å². The molecule has 1 aliphatic rings. The molecule has 1 aromatic carbocycles. The standard InChI is InChI=1S/C27H44N2O5/c1-5-8-15-28-27(32)29(22(6-2)7-3)16-17-33-23-13-10-14-24(18-23)34-19-21-12-9-11-20(4)25(21)26(30)31/h9,11-12,22-24H,5-8,10,13-19H2,1-4H3,(H,28,32)(H,30,31)/t23-,24+/m1/s1. The van der Waals surface area contributed by atoms with Gasteiger partial charge in [-0.15, -0.1) is 0 Å². The summed E-state index contributed by atoms with van der Waals surface area (Å²) in [7, 11) is 0. The maximum absolute atomic E-state index is 12.7. The Morgan fingerprint density at radius 2 is 1.85 bits per heavy atom. The van der Waals surface area contributed by atoms with E-state index in [-0.39, 0.29) is 24.3 Å². The molecule has 34 heavy (non-hydrogen) atoms. The van der Waals surface area contributed by atoms with Crippen molar-refractivity contribution in [2.75, 3.05) is 19.7 Å². The average molecular weight is 477 g/mol. The number of aromatic carboxylic acids is 1. The number of carboxylic acid groups (broad SMARTS) is 1. The number of unbranched alkanes of at least 4 members (excludes halogenated alkanes) is 1. The van der Waals surface area contributed by atoms with E-state index in [1.807, 2.05) is 30.0 Å². The molecule has 7 nitrogen and oxygen atoms in total. The Balaban J connectivity index is 1.85. The van der Waals surface area contributed by atoms with Crippen molar-refractivity contribution in [2.24, 2.45) is 0 Å². The first kappa shape index (κ1) is 28.1. The van der Waals surface area contributed by atoms with E-state index < -0.39 is 5.97 Å². The number of hydrogen-bond acceptors (Lipinski definition) is 4. The minimum atomic E-state index is -0.915. The van der Waals surface area contributed by atoms with Gasteiger partial charge in [0.25, 0.3) is 0 Å². The van der Waals surface area contributed by atoms with Crippen LogP contribution in [0, 0.1) is 6.92 Å². The highest BCUT2D eigenvalue weighted by Crippen LogP contribution is 2.25. The second-order valence-corrected chi connectivity index (χ2v) is 9.26. The third-order valence-corrected chi connectivity index (χ3v) is 6.76. The lowest BCUT2D eigenvalue weighted by molar-refractivity contribution is -0.0535. The number of nitrogens with zero attached hydrogens (tertiary/aromatic N) is 1. The highest BCUT2D eigenvalue weighted by atomic mass is 16.5. The van der Waals surface area contributed by atoms with Crippen molar-refractivity contribution in [1.82, 2.24) is 10.2 Å². The zero-order valence-corrected chi connectivity index (χ0v) is 21.5. The summed E-state index contributed by atoms with van der Waals surface area (Å²) in [6, 6.07) is 5.73. The van der Waals surface area contributed by atoms with Crippen molar-refractivity contribution >= 4 is 12.0 Å². The summed E-state index contributed by atoms with van der Waals surface area (Å²) >= 11 is 0. The quantitative estimate of drug-likeness (QED) is 0.344. The van der Waals surface area contributed by atoms with Crippen LogP contribution in [0.1, 0.15) is 93.6 Å². The maximum atomic E-state index is 12.7. The normalized spacial score (nSPS) is 18.1. The Kier molecular flexibility index (Phi) is 12.4. The predicted molar refractivity (Wildman–Crippen MR) is 134 cm³/mol. The minimum absolute atomic E-state index is 0.00277. The summed E-state index contributed by atoms with van der Waals surface area (Å²) in [5, 5.41) is 12.6. The van der Waals surface area contributed by atoms with E-state index in [2.05, 4.69) is 26.1 Å². The molecular formula is C27H44N2O5. The van der Waals surface area contributed by atoms with Crippen molar-refractivity contribution in [3.05, 3.63) is 34.9 Å². The fraction of sp³-hybridized carbons (Fsp3) is 0.704. The molecule has 1 aromatic rings. The zero-order chi connectivity index (χ0) is 24.9. The molecule has 2 rings (SSSR count). The van der Waals surface area contributed by atoms with Gasteiger partial charge in [-0.05, 0) is 63.0 Å². The van der Waals surface area contributed by atoms with Gasteiger partial charge in [-0.1, -0.05) is 45.4 Å². The molecule has 0 unspecified atom stereocenters. The van der Waals surface area contributed by atoms with Crippen molar-refractivity contribution in [2.45, 2.75) is 104 Å². The fourth-order valence-corrected chi connectivity index (χ4v) is 4.74. The highest BCUT2D eigenvalue weighted by Gasteiger charge is 2.25. The van der Waals surface area contributed by atoms with E-state index in [1.54, 1.807) is 0 Å². The molecule has 0 saturated heterocycles. The van der Waals surface area contributed by atoms with Crippen LogP contribution in [0.25, 0.3) is 0 Å². The number of carbonyl (C=O) groups excluding carboxylic acids is 1. The van der Waals surface area contributed by atoms with Gasteiger partial charge >= 0.3 is 12.0 Å². The Hall–Kier alpha value is -2.12. The van der Waals surface area contributed by atoms with Crippen molar-refractivity contribution in [3.8, 4) is 0 Å². The first-order chi connectivity index (χ1) is 16.4. The molecule has 2 N–H and O–H groups in total. The van der Waals surface area contributed by atoms with E-state index in [9.17, 15) is 14.7 Å². The van der Waals surface area contributed by atoms with Crippen molar-refractivity contribution in [1.29, 1.82) is 0 Å². The van der Waals surface area contributed by atoms with Crippen molar-refractivity contribution in [3.63, 3.8) is 0 Å². The summed E-state index contributed by atoms with van der Waals surface area (Å²) in [5.41, 5.74) is 1.80. The molecule has 0 aromatic heterocycles. The first-order valence-corrected chi connectivity index (χ1v) is 13.0. The summed E-state index contributed by atoms with van der Waals surface area (Å²) in [6.45, 7) is 10.3. The van der Waals surface area contributed by atoms with Gasteiger partial charge in [0.2, 0.25) is 0 Å². The number of amides is 2. The maximum Gasteiger partial charge on any atom is 0.336 e. The lowest BCUT2D eigenvalue weighted by atomic mass is 9.94. The van der Waals surface area contributed by atoms with Crippen LogP contribution in [0.15, 0.2) is 18.2 Å². The fourth-order valence-electron chi connectivity index (χ4n) is 4.74. The topological polar surface area (TPSA) is 88.1 Å². The Morgan fingerprint density at radius 3 is 2.50 bits per heavy atom. The van der Waals surface area contributed by atoms with E-state index >= 15 is 0 Å². The second-order valence-electron chi connectivity index (χ2n) is 9.26. The van der Waals surface area contributed by atoms with Gasteiger partial charge in [-0.25, -0.2) is 9.59 Å². The number of ether oxygens (including phenoxy) is 2. The molecule has 0 aliphatic heterocycles. The molecule has 0 spiro atoms. The van der Waals surface area contributed by atoms with E-state index in [0.29, 0.717) is 37.4 Å². The third-order valence-electron chi connectivity index (χ3n) is 6.76. The summed E-state index contributed by atoms with van der Waals surface area (Å²) in [4.78, 5) is 26.3. The molecule has 7 heteroatoms. The molecule has 0 heterocycles. The summed E-state index contributed by atoms with van der Waals surface area (Å²) < 4.78 is 12.3. The molecule has 0 radical (unpaired) electrons. The van der Waals surface area contributed by atoms with Crippen LogP contribution in [0.4, 0.5) is 4.79 Å². The highest BCUT2D eigenvalue weighted by molar-refractivity contribution is 5.91. The number of hydrogen-bond donors (Lipinski definition) is 2. The number of benzene rings is 1. The van der Waals surface area contributed by atoms with Gasteiger partial charge in [0.05, 0.1) is 31.0 Å². The van der Waals surface area contributed by atoms with Crippen LogP contribution in [-0.2, 0) is 16.1 Å². The first-order valence-electron chi connectivity index (χ1n) is 13.0. The molecular weight excluding hydrogens is 432 g/mol. The SMILES string of the molecule is CCCCNC(=O)N(CCO[C@@H]1CCC[C@H](OCc2cccc(C)c2C(=O)O)C1)C(CC)CC. The lowest BCUT2D eigenvalue weighted by Gasteiger charge is -2.33. The summed E-state index contributed by atoms with van der Waals surface area (Å²) in [6.07, 6.45) is 7.79. The minimum Gasteiger partial charge on any atom is -0.478 e. The van der Waals surface area contributed by atoms with Gasteiger partial charge in [-0.3, -0.25) is 0 Å². The monoisotopic (exact) mass is 476 g/mol. The predicted octanol–water partition coefficient (Wildman–Crippen LogP) is 5.54. The molecule has 0 bridgehead atoms. The van der Waals surface area contributed by atoms with Gasteiger partial charge in [0.15, 0.2) is 0 Å². The Labute approximate surface area is 205 Å². The number of aryl methyl sites for hydroxylation is 1. The van der Waals surface area contributed by atoms with E-state index in [0.717, 1.165) is 56.9 Å². The number of carbonyl (C=O) groups is 2. The van der Waals surface area contributed by atoms with Crippen LogP contribution >= 0.6 is 0 Å². The Bertz CT molecular complexity index is 765. The van der Waals surface area contributed by atoms with Crippen molar-refractivity contribution < 1.29 is 24.2 Å². The average Bonchev–Trinajstić information content (AvgIpc) is 2.82. The van der Waals surface area contributed by atoms with Gasteiger partial charge in [0, 0.05) is 19.1 Å². The number of urea groups is 1. The number of nitrogens with one attached hydrogen (secondary N) is 1. The molecule has 192 valence electrons. The lowest BCUT2D eigenvalue weighted by Crippen LogP contribution is -2.47. The molecule has 2 atom stereocenters. The van der Waals surface area contributed by atoms with Crippen LogP contribution in [0.2, 0.25) is 0 Å². The molecule has 1 aliphatic carbocycles. The molecule has 1 saturated carbocycles. The smallest absolute Gasteiger partial charge is 0.336 e. The third kappa shape index (κ3) is 8.58. The molecule has 2 amide bonds. The van der Waals surface area contributed by atoms with Crippen LogP contribution in [0.3, 0.4) is 0 Å². The van der Waals surface area contributed by atoms with E-state index in [4.69, 9.17) is 9.47 Å². The number of rotatable bonds is 14. The van der Waals surface area contributed by atoms with Gasteiger partial charge in [-0.2, -0.15) is 0 Å². The van der Waals surface area contributed by atoms with E-state index in [1.165, 1.54) is 0 Å². The number of carboxylic acids is 1. The molecule has 1 fully saturated rings. The zero-order valence-electron chi connectivity index (χ0n) is 21.5. The second kappa shape index (κ2) is 15.0. The Morgan fingerprint density at radius 1 is 1.15 bits per heavy atom. The summed E-state index contributed by atoms with van der Waals surface area (Å²) in [5.74, 6) is -0.915. The van der Waals surface area contributed by atoms with Crippen LogP contribution in [-0.4, -0.2) is 60.0 Å². The van der Waals surface area contributed by atoms with Gasteiger partial charge < -0.3 is 24.8 Å². The van der Waals surface area contributed by atoms with Gasteiger partial charge in [0.1, 0.15) is 0 Å². The van der Waals surface area contributed by atoms with Crippen LogP contribution in [0.5, 0.6) is 0 Å².